The van der Waals surface area contributed by atoms with E-state index < -0.39 is 52.3 Å². The van der Waals surface area contributed by atoms with Crippen LogP contribution in [0.15, 0.2) is 33.2 Å². The zero-order valence-corrected chi connectivity index (χ0v) is 40.1. The Labute approximate surface area is 366 Å². The highest BCUT2D eigenvalue weighted by Gasteiger charge is 2.27. The van der Waals surface area contributed by atoms with E-state index in [0.717, 1.165) is 0 Å². The maximum absolute atomic E-state index is 12.9. The van der Waals surface area contributed by atoms with Crippen LogP contribution in [0.25, 0.3) is 0 Å². The van der Waals surface area contributed by atoms with Gasteiger partial charge in [0.1, 0.15) is 22.4 Å². The van der Waals surface area contributed by atoms with Gasteiger partial charge in [0.05, 0.1) is 62.1 Å². The van der Waals surface area contributed by atoms with E-state index in [-0.39, 0.29) is 65.5 Å². The fourth-order valence-electron chi connectivity index (χ4n) is 5.58. The molecule has 0 amide bonds. The van der Waals surface area contributed by atoms with E-state index in [1.807, 2.05) is 17.0 Å². The monoisotopic (exact) mass is 955 g/mol. The van der Waals surface area contributed by atoms with Gasteiger partial charge in [-0.15, -0.1) is 0 Å². The van der Waals surface area contributed by atoms with Gasteiger partial charge in [-0.2, -0.15) is 0 Å². The first kappa shape index (κ1) is 51.6. The van der Waals surface area contributed by atoms with Crippen LogP contribution in [0.3, 0.4) is 0 Å². The van der Waals surface area contributed by atoms with Crippen molar-refractivity contribution in [1.29, 1.82) is 0 Å². The zero-order chi connectivity index (χ0) is 44.9. The summed E-state index contributed by atoms with van der Waals surface area (Å²) in [5.41, 5.74) is -0.604. The smallest absolute Gasteiger partial charge is 0.320 e. The SMILES string of the molecule is CCOC(=O)CN(Cc1cc(Br)cc(CN(CC(=O)OC(C)(C)C)CC(=O)OC(C)(C)C)n1)Cc1cc(Br)cc(CN(CC(=O)OC(C)(C)C)CC(=O)OC(C)(C)C)n1. The third-order valence-electron chi connectivity index (χ3n) is 7.08. The van der Waals surface area contributed by atoms with Crippen LogP contribution in [0.1, 0.15) is 113 Å². The molecule has 2 heterocycles. The number of aromatic nitrogens is 2. The fourth-order valence-corrected chi connectivity index (χ4v) is 6.63. The fraction of sp³-hybridized carbons (Fsp3) is 0.643. The maximum Gasteiger partial charge on any atom is 0.320 e. The summed E-state index contributed by atoms with van der Waals surface area (Å²) in [5, 5.41) is 0. The predicted octanol–water partition coefficient (Wildman–Crippen LogP) is 6.54. The molecule has 0 spiro atoms. The molecule has 2 aromatic rings. The van der Waals surface area contributed by atoms with Crippen LogP contribution in [-0.2, 0) is 73.8 Å². The van der Waals surface area contributed by atoms with E-state index in [4.69, 9.17) is 33.7 Å². The average Bonchev–Trinajstić information content (AvgIpc) is 2.96. The molecule has 17 heteroatoms. The second-order valence-corrected chi connectivity index (χ2v) is 20.0. The van der Waals surface area contributed by atoms with E-state index in [1.54, 1.807) is 112 Å². The Balaban J connectivity index is 2.44. The number of ether oxygens (including phenoxy) is 5. The van der Waals surface area contributed by atoms with Crippen LogP contribution in [0.4, 0.5) is 0 Å². The van der Waals surface area contributed by atoms with Crippen molar-refractivity contribution < 1.29 is 47.7 Å². The van der Waals surface area contributed by atoms with Crippen molar-refractivity contribution in [3.05, 3.63) is 56.0 Å². The Hall–Kier alpha value is -3.51. The molecule has 0 atom stereocenters. The Morgan fingerprint density at radius 3 is 0.932 bits per heavy atom. The molecule has 0 unspecified atom stereocenters. The summed E-state index contributed by atoms with van der Waals surface area (Å²) in [7, 11) is 0. The van der Waals surface area contributed by atoms with Gasteiger partial charge >= 0.3 is 29.8 Å². The van der Waals surface area contributed by atoms with Crippen molar-refractivity contribution in [3.8, 4) is 0 Å². The van der Waals surface area contributed by atoms with E-state index >= 15 is 0 Å². The van der Waals surface area contributed by atoms with Crippen molar-refractivity contribution in [2.24, 2.45) is 0 Å². The first-order valence-corrected chi connectivity index (χ1v) is 21.0. The molecule has 15 nitrogen and oxygen atoms in total. The lowest BCUT2D eigenvalue weighted by molar-refractivity contribution is -0.162. The molecule has 0 radical (unpaired) electrons. The van der Waals surface area contributed by atoms with Gasteiger partial charge in [0.15, 0.2) is 0 Å². The molecule has 0 aliphatic heterocycles. The van der Waals surface area contributed by atoms with Gasteiger partial charge in [0.2, 0.25) is 0 Å². The number of hydrogen-bond donors (Lipinski definition) is 0. The third kappa shape index (κ3) is 23.8. The molecule has 2 aromatic heterocycles. The standard InChI is InChI=1S/C42H63Br2N5O10/c1-14-55-34(50)23-47(19-30-15-28(43)17-32(45-30)21-48(24-35(51)56-39(2,3)4)25-36(52)57-40(5,6)7)20-31-16-29(44)18-33(46-31)22-49(26-37(53)58-41(8,9)10)27-38(54)59-42(11,12)13/h15-18H,14,19-27H2,1-13H3. The van der Waals surface area contributed by atoms with Crippen LogP contribution in [0.2, 0.25) is 0 Å². The Morgan fingerprint density at radius 2 is 0.695 bits per heavy atom. The van der Waals surface area contributed by atoms with E-state index in [2.05, 4.69) is 31.9 Å². The Morgan fingerprint density at radius 1 is 0.458 bits per heavy atom. The zero-order valence-electron chi connectivity index (χ0n) is 37.0. The van der Waals surface area contributed by atoms with Crippen LogP contribution in [0.5, 0.6) is 0 Å². The normalized spacial score (nSPS) is 12.4. The number of nitrogens with zero attached hydrogens (tertiary/aromatic N) is 5. The largest absolute Gasteiger partial charge is 0.465 e. The highest BCUT2D eigenvalue weighted by molar-refractivity contribution is 9.10. The first-order chi connectivity index (χ1) is 27.0. The van der Waals surface area contributed by atoms with Crippen molar-refractivity contribution >= 4 is 61.7 Å². The number of carbonyl (C=O) groups is 5. The second kappa shape index (κ2) is 22.4. The van der Waals surface area contributed by atoms with Crippen molar-refractivity contribution in [2.75, 3.05) is 39.3 Å². The molecule has 0 aliphatic rings. The lowest BCUT2D eigenvalue weighted by atomic mass is 10.2. The summed E-state index contributed by atoms with van der Waals surface area (Å²) >= 11 is 7.17. The van der Waals surface area contributed by atoms with Crippen molar-refractivity contribution in [3.63, 3.8) is 0 Å². The van der Waals surface area contributed by atoms with Crippen LogP contribution in [-0.4, -0.2) is 116 Å². The minimum absolute atomic E-state index is 0.0896. The second-order valence-electron chi connectivity index (χ2n) is 18.1. The van der Waals surface area contributed by atoms with Gasteiger partial charge in [-0.1, -0.05) is 31.9 Å². The van der Waals surface area contributed by atoms with Gasteiger partial charge in [-0.25, -0.2) is 0 Å². The van der Waals surface area contributed by atoms with E-state index in [1.165, 1.54) is 0 Å². The summed E-state index contributed by atoms with van der Waals surface area (Å²) in [4.78, 5) is 79.2. The Kier molecular flexibility index (Phi) is 19.6. The number of pyridine rings is 2. The molecule has 2 rings (SSSR count). The summed E-state index contributed by atoms with van der Waals surface area (Å²) in [6.07, 6.45) is 0. The van der Waals surface area contributed by atoms with Gasteiger partial charge in [-0.05, 0) is 114 Å². The topological polar surface area (TPSA) is 167 Å². The third-order valence-corrected chi connectivity index (χ3v) is 8.00. The first-order valence-electron chi connectivity index (χ1n) is 19.5. The maximum atomic E-state index is 12.9. The van der Waals surface area contributed by atoms with Crippen LogP contribution in [0, 0.1) is 0 Å². The van der Waals surface area contributed by atoms with Gasteiger partial charge in [0.25, 0.3) is 0 Å². The molecule has 0 bridgehead atoms. The average molecular weight is 958 g/mol. The summed E-state index contributed by atoms with van der Waals surface area (Å²) in [6, 6.07) is 7.22. The number of halogens is 2. The lowest BCUT2D eigenvalue weighted by Crippen LogP contribution is -2.39. The van der Waals surface area contributed by atoms with E-state index in [9.17, 15) is 24.0 Å². The quantitative estimate of drug-likeness (QED) is 0.110. The number of carbonyl (C=O) groups excluding carboxylic acids is 5. The Bertz CT molecular complexity index is 1590. The molecule has 0 fully saturated rings. The molecular weight excluding hydrogens is 894 g/mol. The lowest BCUT2D eigenvalue weighted by Gasteiger charge is -2.26. The molecule has 0 saturated carbocycles. The molecule has 0 aliphatic carbocycles. The summed E-state index contributed by atoms with van der Waals surface area (Å²) in [6.45, 7) is 23.0. The number of rotatable bonds is 19. The molecule has 0 saturated heterocycles. The van der Waals surface area contributed by atoms with Crippen LogP contribution >= 0.6 is 31.9 Å². The minimum Gasteiger partial charge on any atom is -0.465 e. The van der Waals surface area contributed by atoms with Gasteiger partial charge in [-0.3, -0.25) is 48.6 Å². The van der Waals surface area contributed by atoms with E-state index in [0.29, 0.717) is 31.7 Å². The summed E-state index contributed by atoms with van der Waals surface area (Å²) < 4.78 is 28.9. The minimum atomic E-state index is -0.720. The molecular formula is C42H63Br2N5O10. The van der Waals surface area contributed by atoms with Crippen molar-refractivity contribution in [2.45, 2.75) is 139 Å². The molecule has 0 aromatic carbocycles. The molecule has 0 N–H and O–H groups in total. The van der Waals surface area contributed by atoms with Crippen molar-refractivity contribution in [1.82, 2.24) is 24.7 Å². The van der Waals surface area contributed by atoms with Gasteiger partial charge < -0.3 is 23.7 Å². The highest BCUT2D eigenvalue weighted by Crippen LogP contribution is 2.21. The number of esters is 5. The summed E-state index contributed by atoms with van der Waals surface area (Å²) in [5.74, 6) is -2.46. The highest BCUT2D eigenvalue weighted by atomic mass is 79.9. The van der Waals surface area contributed by atoms with Gasteiger partial charge in [0, 0.05) is 35.1 Å². The van der Waals surface area contributed by atoms with Crippen LogP contribution < -0.4 is 0 Å². The number of hydrogen-bond acceptors (Lipinski definition) is 15. The molecule has 330 valence electrons. The predicted molar refractivity (Wildman–Crippen MR) is 229 cm³/mol. The molecule has 59 heavy (non-hydrogen) atoms.